The Kier molecular flexibility index (Phi) is 4.09. The Balaban J connectivity index is 2.70. The lowest BCUT2D eigenvalue weighted by atomic mass is 9.86. The average molecular weight is 223 g/mol. The van der Waals surface area contributed by atoms with Crippen molar-refractivity contribution >= 4 is 0 Å². The molecule has 0 aliphatic heterocycles. The number of halogens is 1. The zero-order valence-corrected chi connectivity index (χ0v) is 10.7. The Morgan fingerprint density at radius 1 is 1.31 bits per heavy atom. The first-order chi connectivity index (χ1) is 7.29. The van der Waals surface area contributed by atoms with Crippen LogP contribution in [0, 0.1) is 18.2 Å². The molecule has 1 unspecified atom stereocenters. The number of nitrogens with two attached hydrogens (primary N) is 1. The minimum Gasteiger partial charge on any atom is -0.324 e. The Bertz CT molecular complexity index is 352. The molecular formula is C14H22FN. The highest BCUT2D eigenvalue weighted by Crippen LogP contribution is 2.27. The number of hydrogen-bond donors (Lipinski definition) is 1. The zero-order valence-electron chi connectivity index (χ0n) is 10.7. The SMILES string of the molecule is Cc1cc(F)ccc1C(N)CCC(C)(C)C. The summed E-state index contributed by atoms with van der Waals surface area (Å²) in [5, 5.41) is 0. The summed E-state index contributed by atoms with van der Waals surface area (Å²) >= 11 is 0. The predicted octanol–water partition coefficient (Wildman–Crippen LogP) is 3.96. The summed E-state index contributed by atoms with van der Waals surface area (Å²) in [5.74, 6) is -0.190. The average Bonchev–Trinajstić information content (AvgIpc) is 2.13. The Hall–Kier alpha value is -0.890. The van der Waals surface area contributed by atoms with Crippen molar-refractivity contribution in [3.05, 3.63) is 35.1 Å². The van der Waals surface area contributed by atoms with Gasteiger partial charge in [0, 0.05) is 6.04 Å². The van der Waals surface area contributed by atoms with Crippen LogP contribution in [-0.4, -0.2) is 0 Å². The number of benzene rings is 1. The molecule has 0 fully saturated rings. The third-order valence-electron chi connectivity index (χ3n) is 2.84. The van der Waals surface area contributed by atoms with Gasteiger partial charge in [0.05, 0.1) is 0 Å². The minimum atomic E-state index is -0.190. The third kappa shape index (κ3) is 3.93. The molecule has 1 rings (SSSR count). The summed E-state index contributed by atoms with van der Waals surface area (Å²) < 4.78 is 12.9. The van der Waals surface area contributed by atoms with Gasteiger partial charge in [0.15, 0.2) is 0 Å². The largest absolute Gasteiger partial charge is 0.324 e. The van der Waals surface area contributed by atoms with Crippen molar-refractivity contribution in [1.82, 2.24) is 0 Å². The van der Waals surface area contributed by atoms with Crippen LogP contribution in [0.3, 0.4) is 0 Å². The molecule has 0 aromatic heterocycles. The van der Waals surface area contributed by atoms with Gasteiger partial charge in [0.1, 0.15) is 5.82 Å². The highest BCUT2D eigenvalue weighted by molar-refractivity contribution is 5.29. The van der Waals surface area contributed by atoms with E-state index >= 15 is 0 Å². The van der Waals surface area contributed by atoms with Gasteiger partial charge in [-0.2, -0.15) is 0 Å². The molecule has 16 heavy (non-hydrogen) atoms. The lowest BCUT2D eigenvalue weighted by Gasteiger charge is -2.22. The van der Waals surface area contributed by atoms with Crippen LogP contribution in [0.25, 0.3) is 0 Å². The van der Waals surface area contributed by atoms with E-state index in [1.165, 1.54) is 6.07 Å². The predicted molar refractivity (Wildman–Crippen MR) is 66.8 cm³/mol. The van der Waals surface area contributed by atoms with Crippen LogP contribution in [0.2, 0.25) is 0 Å². The normalized spacial score (nSPS) is 13.9. The van der Waals surface area contributed by atoms with Crippen LogP contribution in [0.4, 0.5) is 4.39 Å². The van der Waals surface area contributed by atoms with E-state index in [2.05, 4.69) is 20.8 Å². The molecule has 0 radical (unpaired) electrons. The summed E-state index contributed by atoms with van der Waals surface area (Å²) in [6.45, 7) is 8.53. The minimum absolute atomic E-state index is 0.0137. The number of rotatable bonds is 3. The van der Waals surface area contributed by atoms with E-state index in [1.807, 2.05) is 6.92 Å². The molecule has 0 saturated heterocycles. The molecule has 0 bridgehead atoms. The van der Waals surface area contributed by atoms with E-state index in [9.17, 15) is 4.39 Å². The van der Waals surface area contributed by atoms with Gasteiger partial charge >= 0.3 is 0 Å². The van der Waals surface area contributed by atoms with Crippen molar-refractivity contribution in [2.75, 3.05) is 0 Å². The van der Waals surface area contributed by atoms with E-state index in [4.69, 9.17) is 5.73 Å². The van der Waals surface area contributed by atoms with Gasteiger partial charge in [-0.05, 0) is 48.4 Å². The molecule has 0 spiro atoms. The first-order valence-electron chi connectivity index (χ1n) is 5.81. The van der Waals surface area contributed by atoms with Crippen molar-refractivity contribution in [2.24, 2.45) is 11.1 Å². The maximum Gasteiger partial charge on any atom is 0.123 e. The summed E-state index contributed by atoms with van der Waals surface area (Å²) in [5.41, 5.74) is 8.43. The molecule has 0 heterocycles. The van der Waals surface area contributed by atoms with Gasteiger partial charge in [-0.15, -0.1) is 0 Å². The van der Waals surface area contributed by atoms with Gasteiger partial charge in [0.25, 0.3) is 0 Å². The topological polar surface area (TPSA) is 26.0 Å². The van der Waals surface area contributed by atoms with Crippen LogP contribution in [0.15, 0.2) is 18.2 Å². The smallest absolute Gasteiger partial charge is 0.123 e. The van der Waals surface area contributed by atoms with Crippen molar-refractivity contribution in [3.8, 4) is 0 Å². The highest BCUT2D eigenvalue weighted by Gasteiger charge is 2.15. The molecule has 1 nitrogen and oxygen atoms in total. The highest BCUT2D eigenvalue weighted by atomic mass is 19.1. The molecule has 0 aliphatic carbocycles. The second-order valence-corrected chi connectivity index (χ2v) is 5.71. The molecule has 2 heteroatoms. The monoisotopic (exact) mass is 223 g/mol. The van der Waals surface area contributed by atoms with Crippen LogP contribution in [0.1, 0.15) is 50.8 Å². The summed E-state index contributed by atoms with van der Waals surface area (Å²) in [7, 11) is 0. The van der Waals surface area contributed by atoms with E-state index in [-0.39, 0.29) is 11.9 Å². The van der Waals surface area contributed by atoms with Gasteiger partial charge in [-0.3, -0.25) is 0 Å². The molecule has 1 atom stereocenters. The quantitative estimate of drug-likeness (QED) is 0.824. The third-order valence-corrected chi connectivity index (χ3v) is 2.84. The number of hydrogen-bond acceptors (Lipinski definition) is 1. The fourth-order valence-corrected chi connectivity index (χ4v) is 1.80. The molecular weight excluding hydrogens is 201 g/mol. The molecule has 0 amide bonds. The van der Waals surface area contributed by atoms with Gasteiger partial charge < -0.3 is 5.73 Å². The molecule has 2 N–H and O–H groups in total. The first-order valence-corrected chi connectivity index (χ1v) is 5.81. The maximum atomic E-state index is 12.9. The molecule has 1 aromatic rings. The van der Waals surface area contributed by atoms with E-state index in [0.717, 1.165) is 24.0 Å². The van der Waals surface area contributed by atoms with Crippen LogP contribution < -0.4 is 5.73 Å². The van der Waals surface area contributed by atoms with Crippen LogP contribution >= 0.6 is 0 Å². The standard InChI is InChI=1S/C14H22FN/c1-10-9-11(15)5-6-12(10)13(16)7-8-14(2,3)4/h5-6,9,13H,7-8,16H2,1-4H3. The molecule has 1 aromatic carbocycles. The van der Waals surface area contributed by atoms with E-state index in [0.29, 0.717) is 5.41 Å². The first kappa shape index (κ1) is 13.2. The Morgan fingerprint density at radius 3 is 2.44 bits per heavy atom. The second kappa shape index (κ2) is 4.96. The van der Waals surface area contributed by atoms with Crippen molar-refractivity contribution in [2.45, 2.75) is 46.6 Å². The Morgan fingerprint density at radius 2 is 1.94 bits per heavy atom. The van der Waals surface area contributed by atoms with Crippen LogP contribution in [-0.2, 0) is 0 Å². The Labute approximate surface area is 97.9 Å². The summed E-state index contributed by atoms with van der Waals surface area (Å²) in [4.78, 5) is 0. The van der Waals surface area contributed by atoms with Gasteiger partial charge in [0.2, 0.25) is 0 Å². The fraction of sp³-hybridized carbons (Fsp3) is 0.571. The maximum absolute atomic E-state index is 12.9. The summed E-state index contributed by atoms with van der Waals surface area (Å²) in [6.07, 6.45) is 2.01. The zero-order chi connectivity index (χ0) is 12.3. The van der Waals surface area contributed by atoms with E-state index in [1.54, 1.807) is 12.1 Å². The molecule has 90 valence electrons. The lowest BCUT2D eigenvalue weighted by Crippen LogP contribution is -2.15. The van der Waals surface area contributed by atoms with Crippen molar-refractivity contribution in [3.63, 3.8) is 0 Å². The van der Waals surface area contributed by atoms with Crippen molar-refractivity contribution < 1.29 is 4.39 Å². The molecule has 0 saturated carbocycles. The van der Waals surface area contributed by atoms with Crippen LogP contribution in [0.5, 0.6) is 0 Å². The van der Waals surface area contributed by atoms with Gasteiger partial charge in [-0.1, -0.05) is 26.8 Å². The lowest BCUT2D eigenvalue weighted by molar-refractivity contribution is 0.349. The summed E-state index contributed by atoms with van der Waals surface area (Å²) in [6, 6.07) is 4.85. The fourth-order valence-electron chi connectivity index (χ4n) is 1.80. The second-order valence-electron chi connectivity index (χ2n) is 5.71. The van der Waals surface area contributed by atoms with Gasteiger partial charge in [-0.25, -0.2) is 4.39 Å². The van der Waals surface area contributed by atoms with Crippen molar-refractivity contribution in [1.29, 1.82) is 0 Å². The van der Waals surface area contributed by atoms with E-state index < -0.39 is 0 Å². The number of aryl methyl sites for hydroxylation is 1. The molecule has 0 aliphatic rings.